The Morgan fingerprint density at radius 2 is 2.06 bits per heavy atom. The number of nitrogens with two attached hydrogens (primary N) is 1. The topological polar surface area (TPSA) is 44.5 Å². The van der Waals surface area contributed by atoms with Gasteiger partial charge < -0.3 is 15.2 Å². The lowest BCUT2D eigenvalue weighted by molar-refractivity contribution is -0.0140. The first-order valence-electron chi connectivity index (χ1n) is 6.56. The van der Waals surface area contributed by atoms with Gasteiger partial charge in [0.05, 0.1) is 17.7 Å². The van der Waals surface area contributed by atoms with Crippen LogP contribution in [-0.2, 0) is 10.3 Å². The highest BCUT2D eigenvalue weighted by Gasteiger charge is 2.33. The Morgan fingerprint density at radius 3 is 2.78 bits per heavy atom. The monoisotopic (exact) mass is 249 g/mol. The fourth-order valence-electron chi connectivity index (χ4n) is 2.28. The molecule has 0 spiro atoms. The highest BCUT2D eigenvalue weighted by molar-refractivity contribution is 5.40. The normalized spacial score (nSPS) is 23.3. The number of fused-ring (bicyclic) bond motifs is 1. The minimum atomic E-state index is -0.319. The number of para-hydroxylation sites is 1. The van der Waals surface area contributed by atoms with Crippen molar-refractivity contribution < 1.29 is 9.47 Å². The molecule has 0 radical (unpaired) electrons. The molecule has 1 aliphatic heterocycles. The molecule has 18 heavy (non-hydrogen) atoms. The summed E-state index contributed by atoms with van der Waals surface area (Å²) in [6.07, 6.45) is 1.67. The first-order chi connectivity index (χ1) is 8.41. The fraction of sp³-hybridized carbons (Fsp3) is 0.600. The Bertz CT molecular complexity index is 411. The third-order valence-corrected chi connectivity index (χ3v) is 3.31. The van der Waals surface area contributed by atoms with Crippen LogP contribution in [-0.4, -0.2) is 18.8 Å². The van der Waals surface area contributed by atoms with Gasteiger partial charge in [0.25, 0.3) is 0 Å². The molecular weight excluding hydrogens is 226 g/mol. The van der Waals surface area contributed by atoms with E-state index in [1.54, 1.807) is 0 Å². The van der Waals surface area contributed by atoms with E-state index in [9.17, 15) is 0 Å². The van der Waals surface area contributed by atoms with E-state index < -0.39 is 0 Å². The Balaban J connectivity index is 2.08. The molecule has 0 aromatic heterocycles. The van der Waals surface area contributed by atoms with Crippen molar-refractivity contribution in [1.82, 2.24) is 0 Å². The third kappa shape index (κ3) is 3.03. The van der Waals surface area contributed by atoms with Crippen molar-refractivity contribution in [2.45, 2.75) is 44.8 Å². The van der Waals surface area contributed by atoms with Crippen LogP contribution in [0.1, 0.15) is 39.2 Å². The molecule has 2 N–H and O–H groups in total. The van der Waals surface area contributed by atoms with Crippen LogP contribution in [0.2, 0.25) is 0 Å². The molecule has 3 nitrogen and oxygen atoms in total. The molecule has 1 aromatic carbocycles. The van der Waals surface area contributed by atoms with E-state index in [0.717, 1.165) is 24.2 Å². The van der Waals surface area contributed by atoms with E-state index in [1.807, 2.05) is 18.2 Å². The molecule has 1 unspecified atom stereocenters. The Morgan fingerprint density at radius 1 is 1.33 bits per heavy atom. The zero-order valence-corrected chi connectivity index (χ0v) is 11.5. The summed E-state index contributed by atoms with van der Waals surface area (Å²) in [5.41, 5.74) is 7.22. The molecule has 0 saturated heterocycles. The number of ether oxygens (including phenoxy) is 2. The van der Waals surface area contributed by atoms with Crippen LogP contribution < -0.4 is 10.5 Å². The smallest absolute Gasteiger partial charge is 0.124 e. The van der Waals surface area contributed by atoms with Gasteiger partial charge in [-0.2, -0.15) is 0 Å². The van der Waals surface area contributed by atoms with Crippen LogP contribution in [0.5, 0.6) is 5.75 Å². The molecule has 0 saturated carbocycles. The maximum atomic E-state index is 6.54. The van der Waals surface area contributed by atoms with Crippen LogP contribution in [0.4, 0.5) is 0 Å². The first-order valence-corrected chi connectivity index (χ1v) is 6.56. The lowest BCUT2D eigenvalue weighted by Gasteiger charge is -2.36. The van der Waals surface area contributed by atoms with Gasteiger partial charge >= 0.3 is 0 Å². The molecule has 2 rings (SSSR count). The van der Waals surface area contributed by atoms with Crippen molar-refractivity contribution in [2.75, 3.05) is 13.2 Å². The second-order valence-corrected chi connectivity index (χ2v) is 5.96. The van der Waals surface area contributed by atoms with E-state index in [4.69, 9.17) is 15.2 Å². The second kappa shape index (κ2) is 4.90. The molecular formula is C15H23NO2. The fourth-order valence-corrected chi connectivity index (χ4v) is 2.28. The Hall–Kier alpha value is -1.06. The molecule has 3 heteroatoms. The quantitative estimate of drug-likeness (QED) is 0.896. The third-order valence-electron chi connectivity index (χ3n) is 3.31. The summed E-state index contributed by atoms with van der Waals surface area (Å²) in [5, 5.41) is 0. The molecule has 1 aliphatic rings. The van der Waals surface area contributed by atoms with Crippen LogP contribution in [0, 0.1) is 0 Å². The predicted octanol–water partition coefficient (Wildman–Crippen LogP) is 2.83. The van der Waals surface area contributed by atoms with Crippen molar-refractivity contribution in [3.05, 3.63) is 29.8 Å². The van der Waals surface area contributed by atoms with Gasteiger partial charge in [-0.05, 0) is 33.3 Å². The number of benzene rings is 1. The number of hydrogen-bond acceptors (Lipinski definition) is 3. The summed E-state index contributed by atoms with van der Waals surface area (Å²) in [5.74, 6) is 0.919. The van der Waals surface area contributed by atoms with Gasteiger partial charge in [0.1, 0.15) is 5.75 Å². The second-order valence-electron chi connectivity index (χ2n) is 5.96. The van der Waals surface area contributed by atoms with Crippen molar-refractivity contribution in [3.63, 3.8) is 0 Å². The minimum absolute atomic E-state index is 0.110. The molecule has 0 amide bonds. The SMILES string of the molecule is CC(C)(C)OCCC1(N)CCOc2ccccc21. The summed E-state index contributed by atoms with van der Waals surface area (Å²) >= 11 is 0. The predicted molar refractivity (Wildman–Crippen MR) is 72.7 cm³/mol. The van der Waals surface area contributed by atoms with E-state index in [0.29, 0.717) is 13.2 Å². The van der Waals surface area contributed by atoms with Gasteiger partial charge in [-0.15, -0.1) is 0 Å². The summed E-state index contributed by atoms with van der Waals surface area (Å²) in [7, 11) is 0. The molecule has 1 atom stereocenters. The van der Waals surface area contributed by atoms with E-state index in [2.05, 4.69) is 26.8 Å². The Labute approximate surface area is 109 Å². The van der Waals surface area contributed by atoms with Crippen molar-refractivity contribution in [2.24, 2.45) is 5.73 Å². The molecule has 100 valence electrons. The largest absolute Gasteiger partial charge is 0.493 e. The molecule has 1 heterocycles. The molecule has 1 aromatic rings. The van der Waals surface area contributed by atoms with Gasteiger partial charge in [0, 0.05) is 18.6 Å². The molecule has 0 bridgehead atoms. The maximum Gasteiger partial charge on any atom is 0.124 e. The van der Waals surface area contributed by atoms with E-state index in [-0.39, 0.29) is 11.1 Å². The van der Waals surface area contributed by atoms with Crippen LogP contribution >= 0.6 is 0 Å². The van der Waals surface area contributed by atoms with Crippen molar-refractivity contribution in [1.29, 1.82) is 0 Å². The van der Waals surface area contributed by atoms with Crippen LogP contribution in [0.3, 0.4) is 0 Å². The average molecular weight is 249 g/mol. The lowest BCUT2D eigenvalue weighted by atomic mass is 9.83. The first kappa shape index (κ1) is 13.4. The van der Waals surface area contributed by atoms with Gasteiger partial charge in [0.2, 0.25) is 0 Å². The van der Waals surface area contributed by atoms with Gasteiger partial charge in [-0.1, -0.05) is 18.2 Å². The van der Waals surface area contributed by atoms with Crippen LogP contribution in [0.15, 0.2) is 24.3 Å². The van der Waals surface area contributed by atoms with Crippen LogP contribution in [0.25, 0.3) is 0 Å². The zero-order chi connectivity index (χ0) is 13.2. The summed E-state index contributed by atoms with van der Waals surface area (Å²) in [4.78, 5) is 0. The standard InChI is InChI=1S/C15H23NO2/c1-14(2,3)18-11-9-15(16)8-10-17-13-7-5-4-6-12(13)15/h4-7H,8-11,16H2,1-3H3. The highest BCUT2D eigenvalue weighted by Crippen LogP contribution is 2.37. The summed E-state index contributed by atoms with van der Waals surface area (Å²) in [6.45, 7) is 7.55. The van der Waals surface area contributed by atoms with Crippen molar-refractivity contribution in [3.8, 4) is 5.75 Å². The number of rotatable bonds is 3. The van der Waals surface area contributed by atoms with E-state index >= 15 is 0 Å². The van der Waals surface area contributed by atoms with Gasteiger partial charge in [-0.3, -0.25) is 0 Å². The minimum Gasteiger partial charge on any atom is -0.493 e. The Kier molecular flexibility index (Phi) is 3.64. The lowest BCUT2D eigenvalue weighted by Crippen LogP contribution is -2.42. The molecule has 0 fully saturated rings. The number of hydrogen-bond donors (Lipinski definition) is 1. The molecule has 0 aliphatic carbocycles. The highest BCUT2D eigenvalue weighted by atomic mass is 16.5. The average Bonchev–Trinajstić information content (AvgIpc) is 2.28. The van der Waals surface area contributed by atoms with Gasteiger partial charge in [0.15, 0.2) is 0 Å². The zero-order valence-electron chi connectivity index (χ0n) is 11.5. The van der Waals surface area contributed by atoms with Gasteiger partial charge in [-0.25, -0.2) is 0 Å². The maximum absolute atomic E-state index is 6.54. The van der Waals surface area contributed by atoms with Crippen molar-refractivity contribution >= 4 is 0 Å². The van der Waals surface area contributed by atoms with E-state index in [1.165, 1.54) is 0 Å². The summed E-state index contributed by atoms with van der Waals surface area (Å²) < 4.78 is 11.4. The summed E-state index contributed by atoms with van der Waals surface area (Å²) in [6, 6.07) is 8.04.